The van der Waals surface area contributed by atoms with Crippen LogP contribution in [0.15, 0.2) is 0 Å². The summed E-state index contributed by atoms with van der Waals surface area (Å²) in [4.78, 5) is 0. The van der Waals surface area contributed by atoms with E-state index in [9.17, 15) is 0 Å². The third kappa shape index (κ3) is 1.69. The van der Waals surface area contributed by atoms with Gasteiger partial charge in [-0.1, -0.05) is 0 Å². The van der Waals surface area contributed by atoms with Gasteiger partial charge in [-0.05, 0) is 0 Å². The number of ether oxygens (including phenoxy) is 1. The lowest BCUT2D eigenvalue weighted by atomic mass is 10.0. The van der Waals surface area contributed by atoms with E-state index in [0.29, 0.717) is 0 Å². The first-order chi connectivity index (χ1) is 5.16. The van der Waals surface area contributed by atoms with E-state index in [1.165, 1.54) is 0 Å². The molecule has 0 saturated carbocycles. The third-order valence-corrected chi connectivity index (χ3v) is 1.79. The van der Waals surface area contributed by atoms with Gasteiger partial charge in [-0.25, -0.2) is 0 Å². The molecule has 1 rings (SSSR count). The van der Waals surface area contributed by atoms with Gasteiger partial charge in [0.2, 0.25) is 0 Å². The van der Waals surface area contributed by atoms with Crippen molar-refractivity contribution in [2.45, 2.75) is 24.4 Å². The molecule has 1 saturated heterocycles. The third-order valence-electron chi connectivity index (χ3n) is 1.79. The van der Waals surface area contributed by atoms with Crippen LogP contribution in [0, 0.1) is 0 Å². The van der Waals surface area contributed by atoms with Gasteiger partial charge >= 0.3 is 0 Å². The van der Waals surface area contributed by atoms with E-state index in [1.54, 1.807) is 0 Å². The molecule has 0 radical (unpaired) electrons. The molecule has 4 N–H and O–H groups in total. The van der Waals surface area contributed by atoms with Crippen molar-refractivity contribution < 1.29 is 25.2 Å². The molecule has 5 heteroatoms. The minimum Gasteiger partial charge on any atom is -0.394 e. The Labute approximate surface area is 63.8 Å². The average Bonchev–Trinajstić information content (AvgIpc) is 2.01. The van der Waals surface area contributed by atoms with E-state index in [2.05, 4.69) is 0 Å². The molecule has 0 bridgehead atoms. The smallest absolute Gasteiger partial charge is 0.111 e. The Morgan fingerprint density at radius 3 is 2.36 bits per heavy atom. The standard InChI is InChI=1S/C6H12O5/c7-1-4-6(10)5(9)3(8)2-11-4/h3-10H,1-2H2/t3-,4+,5-,6?/m0/s1. The first-order valence-corrected chi connectivity index (χ1v) is 3.43. The van der Waals surface area contributed by atoms with Crippen LogP contribution in [0.2, 0.25) is 0 Å². The molecule has 0 spiro atoms. The highest BCUT2D eigenvalue weighted by Gasteiger charge is 2.36. The molecule has 1 aliphatic rings. The zero-order chi connectivity index (χ0) is 8.43. The average molecular weight is 164 g/mol. The van der Waals surface area contributed by atoms with Gasteiger partial charge in [0.1, 0.15) is 24.4 Å². The Balaban J connectivity index is 2.52. The number of hydrogen-bond donors (Lipinski definition) is 4. The lowest BCUT2D eigenvalue weighted by molar-refractivity contribution is -0.195. The maximum absolute atomic E-state index is 9.11. The molecule has 1 fully saturated rings. The summed E-state index contributed by atoms with van der Waals surface area (Å²) in [6.07, 6.45) is -4.27. The minimum atomic E-state index is -1.22. The Kier molecular flexibility index (Phi) is 2.80. The second-order valence-corrected chi connectivity index (χ2v) is 2.60. The Hall–Kier alpha value is -0.200. The zero-order valence-corrected chi connectivity index (χ0v) is 5.92. The summed E-state index contributed by atoms with van der Waals surface area (Å²) in [5.41, 5.74) is 0. The highest BCUT2D eigenvalue weighted by Crippen LogP contribution is 2.14. The SMILES string of the molecule is OC[C@H]1OC[C@H](O)[C@H](O)C1O. The predicted octanol–water partition coefficient (Wildman–Crippen LogP) is -2.54. The Morgan fingerprint density at radius 1 is 1.18 bits per heavy atom. The lowest BCUT2D eigenvalue weighted by Gasteiger charge is -2.34. The molecular weight excluding hydrogens is 152 g/mol. The molecule has 5 nitrogen and oxygen atoms in total. The molecule has 0 aromatic heterocycles. The van der Waals surface area contributed by atoms with E-state index in [0.717, 1.165) is 0 Å². The molecule has 1 unspecified atom stereocenters. The van der Waals surface area contributed by atoms with E-state index < -0.39 is 24.4 Å². The molecule has 1 aliphatic heterocycles. The first-order valence-electron chi connectivity index (χ1n) is 3.43. The first kappa shape index (κ1) is 8.89. The minimum absolute atomic E-state index is 0.0521. The number of aliphatic hydroxyl groups is 4. The van der Waals surface area contributed by atoms with Crippen LogP contribution in [0.25, 0.3) is 0 Å². The number of hydrogen-bond acceptors (Lipinski definition) is 5. The Bertz CT molecular complexity index is 126. The molecule has 1 heterocycles. The Morgan fingerprint density at radius 2 is 1.82 bits per heavy atom. The quantitative estimate of drug-likeness (QED) is 0.343. The van der Waals surface area contributed by atoms with Crippen LogP contribution in [0.5, 0.6) is 0 Å². The topological polar surface area (TPSA) is 90.2 Å². The fraction of sp³-hybridized carbons (Fsp3) is 1.00. The predicted molar refractivity (Wildman–Crippen MR) is 34.8 cm³/mol. The van der Waals surface area contributed by atoms with Gasteiger partial charge in [-0.3, -0.25) is 0 Å². The van der Waals surface area contributed by atoms with Crippen LogP contribution in [-0.4, -0.2) is 58.1 Å². The summed E-state index contributed by atoms with van der Waals surface area (Å²) in [5.74, 6) is 0. The van der Waals surface area contributed by atoms with E-state index in [-0.39, 0.29) is 13.2 Å². The summed E-state index contributed by atoms with van der Waals surface area (Å²) < 4.78 is 4.81. The second-order valence-electron chi connectivity index (χ2n) is 2.60. The largest absolute Gasteiger partial charge is 0.394 e. The van der Waals surface area contributed by atoms with Crippen molar-refractivity contribution in [3.8, 4) is 0 Å². The molecule has 4 atom stereocenters. The summed E-state index contributed by atoms with van der Waals surface area (Å²) in [5, 5.41) is 35.7. The van der Waals surface area contributed by atoms with Gasteiger partial charge in [0, 0.05) is 0 Å². The number of aliphatic hydroxyl groups excluding tert-OH is 4. The highest BCUT2D eigenvalue weighted by molar-refractivity contribution is 4.85. The summed E-state index contributed by atoms with van der Waals surface area (Å²) >= 11 is 0. The summed E-state index contributed by atoms with van der Waals surface area (Å²) in [6, 6.07) is 0. The van der Waals surface area contributed by atoms with Crippen molar-refractivity contribution in [2.75, 3.05) is 13.2 Å². The normalized spacial score (nSPS) is 45.8. The van der Waals surface area contributed by atoms with Crippen LogP contribution >= 0.6 is 0 Å². The second kappa shape index (κ2) is 3.46. The molecule has 0 aliphatic carbocycles. The molecule has 66 valence electrons. The van der Waals surface area contributed by atoms with Gasteiger partial charge in [-0.15, -0.1) is 0 Å². The van der Waals surface area contributed by atoms with Gasteiger partial charge in [0.15, 0.2) is 0 Å². The van der Waals surface area contributed by atoms with Crippen LogP contribution in [0.1, 0.15) is 0 Å². The van der Waals surface area contributed by atoms with Crippen LogP contribution in [0.3, 0.4) is 0 Å². The fourth-order valence-electron chi connectivity index (χ4n) is 1.03. The monoisotopic (exact) mass is 164 g/mol. The van der Waals surface area contributed by atoms with Crippen LogP contribution in [-0.2, 0) is 4.74 Å². The molecular formula is C6H12O5. The van der Waals surface area contributed by atoms with E-state index >= 15 is 0 Å². The van der Waals surface area contributed by atoms with Gasteiger partial charge < -0.3 is 25.2 Å². The van der Waals surface area contributed by atoms with E-state index in [4.69, 9.17) is 25.2 Å². The van der Waals surface area contributed by atoms with Gasteiger partial charge in [0.25, 0.3) is 0 Å². The van der Waals surface area contributed by atoms with Crippen molar-refractivity contribution in [1.82, 2.24) is 0 Å². The number of rotatable bonds is 1. The maximum atomic E-state index is 9.11. The van der Waals surface area contributed by atoms with Crippen LogP contribution < -0.4 is 0 Å². The lowest BCUT2D eigenvalue weighted by Crippen LogP contribution is -2.53. The van der Waals surface area contributed by atoms with Gasteiger partial charge in [0.05, 0.1) is 13.2 Å². The van der Waals surface area contributed by atoms with E-state index in [1.807, 2.05) is 0 Å². The van der Waals surface area contributed by atoms with Gasteiger partial charge in [-0.2, -0.15) is 0 Å². The van der Waals surface area contributed by atoms with Crippen molar-refractivity contribution in [3.63, 3.8) is 0 Å². The van der Waals surface area contributed by atoms with Crippen molar-refractivity contribution in [2.24, 2.45) is 0 Å². The van der Waals surface area contributed by atoms with Crippen molar-refractivity contribution in [1.29, 1.82) is 0 Å². The van der Waals surface area contributed by atoms with Crippen LogP contribution in [0.4, 0.5) is 0 Å². The molecule has 11 heavy (non-hydrogen) atoms. The molecule has 0 aromatic rings. The summed E-state index contributed by atoms with van der Waals surface area (Å²) in [7, 11) is 0. The molecule has 0 amide bonds. The highest BCUT2D eigenvalue weighted by atomic mass is 16.5. The fourth-order valence-corrected chi connectivity index (χ4v) is 1.03. The zero-order valence-electron chi connectivity index (χ0n) is 5.92. The summed E-state index contributed by atoms with van der Waals surface area (Å²) in [6.45, 7) is -0.408. The molecule has 0 aromatic carbocycles. The maximum Gasteiger partial charge on any atom is 0.111 e. The van der Waals surface area contributed by atoms with Crippen molar-refractivity contribution in [3.05, 3.63) is 0 Å². The van der Waals surface area contributed by atoms with Crippen molar-refractivity contribution >= 4 is 0 Å².